The van der Waals surface area contributed by atoms with E-state index in [0.717, 1.165) is 24.1 Å². The molecule has 0 bridgehead atoms. The van der Waals surface area contributed by atoms with Crippen LogP contribution in [-0.4, -0.2) is 11.8 Å². The predicted molar refractivity (Wildman–Crippen MR) is 65.6 cm³/mol. The molecule has 2 N–H and O–H groups in total. The molecule has 2 rings (SSSR count). The molecule has 0 fully saturated rings. The van der Waals surface area contributed by atoms with E-state index in [-0.39, 0.29) is 12.1 Å². The lowest BCUT2D eigenvalue weighted by molar-refractivity contribution is 0.0738. The third-order valence-electron chi connectivity index (χ3n) is 2.67. The Balaban J connectivity index is 1.96. The second-order valence-electron chi connectivity index (χ2n) is 4.16. The maximum atomic E-state index is 6.10. The van der Waals surface area contributed by atoms with Gasteiger partial charge in [0.25, 0.3) is 0 Å². The fourth-order valence-corrected chi connectivity index (χ4v) is 2.05. The van der Waals surface area contributed by atoms with Crippen LogP contribution in [0.3, 0.4) is 0 Å². The van der Waals surface area contributed by atoms with Crippen molar-refractivity contribution in [3.05, 3.63) is 34.9 Å². The van der Waals surface area contributed by atoms with Gasteiger partial charge in [0.05, 0.1) is 5.71 Å². The number of halogens is 1. The first-order valence-corrected chi connectivity index (χ1v) is 5.73. The smallest absolute Gasteiger partial charge is 0.134 e. The third-order valence-corrected chi connectivity index (χ3v) is 2.91. The second-order valence-corrected chi connectivity index (χ2v) is 4.59. The molecule has 1 heterocycles. The second kappa shape index (κ2) is 4.85. The van der Waals surface area contributed by atoms with Crippen LogP contribution < -0.4 is 5.73 Å². The first kappa shape index (κ1) is 11.4. The molecule has 4 heteroatoms. The van der Waals surface area contributed by atoms with E-state index >= 15 is 0 Å². The van der Waals surface area contributed by atoms with E-state index in [1.807, 2.05) is 31.2 Å². The number of benzene rings is 1. The largest absolute Gasteiger partial charge is 0.392 e. The molecule has 1 aliphatic rings. The Kier molecular flexibility index (Phi) is 3.46. The summed E-state index contributed by atoms with van der Waals surface area (Å²) in [6.45, 7) is 1.96. The fraction of sp³-hybridized carbons (Fsp3) is 0.417. The van der Waals surface area contributed by atoms with Crippen molar-refractivity contribution in [1.82, 2.24) is 0 Å². The zero-order valence-corrected chi connectivity index (χ0v) is 9.95. The normalized spacial score (nSPS) is 21.4. The molecule has 2 atom stereocenters. The SMILES string of the molecule is CC1=NOC(CC(N)c2cccc(Cl)c2)C1. The minimum atomic E-state index is -0.0511. The lowest BCUT2D eigenvalue weighted by Crippen LogP contribution is -2.19. The van der Waals surface area contributed by atoms with Crippen LogP contribution >= 0.6 is 11.6 Å². The van der Waals surface area contributed by atoms with Crippen LogP contribution in [0.15, 0.2) is 29.4 Å². The molecule has 0 amide bonds. The summed E-state index contributed by atoms with van der Waals surface area (Å²) in [5.41, 5.74) is 8.17. The van der Waals surface area contributed by atoms with Crippen molar-refractivity contribution < 1.29 is 4.84 Å². The summed E-state index contributed by atoms with van der Waals surface area (Å²) in [6.07, 6.45) is 1.74. The quantitative estimate of drug-likeness (QED) is 0.880. The van der Waals surface area contributed by atoms with E-state index in [9.17, 15) is 0 Å². The molecule has 0 radical (unpaired) electrons. The lowest BCUT2D eigenvalue weighted by Gasteiger charge is -2.15. The number of oxime groups is 1. The van der Waals surface area contributed by atoms with Crippen molar-refractivity contribution in [1.29, 1.82) is 0 Å². The Hall–Kier alpha value is -1.06. The average Bonchev–Trinajstić information content (AvgIpc) is 2.64. The summed E-state index contributed by atoms with van der Waals surface area (Å²) < 4.78 is 0. The van der Waals surface area contributed by atoms with Gasteiger partial charge in [-0.3, -0.25) is 0 Å². The van der Waals surface area contributed by atoms with Crippen molar-refractivity contribution in [2.75, 3.05) is 0 Å². The number of nitrogens with two attached hydrogens (primary N) is 1. The van der Waals surface area contributed by atoms with Crippen molar-refractivity contribution in [3.8, 4) is 0 Å². The fourth-order valence-electron chi connectivity index (χ4n) is 1.85. The number of rotatable bonds is 3. The molecule has 1 aromatic rings. The van der Waals surface area contributed by atoms with Gasteiger partial charge in [0.2, 0.25) is 0 Å². The molecule has 0 spiro atoms. The monoisotopic (exact) mass is 238 g/mol. The van der Waals surface area contributed by atoms with Gasteiger partial charge in [-0.25, -0.2) is 0 Å². The van der Waals surface area contributed by atoms with Crippen LogP contribution in [0.25, 0.3) is 0 Å². The van der Waals surface area contributed by atoms with Crippen LogP contribution in [0, 0.1) is 0 Å². The van der Waals surface area contributed by atoms with Gasteiger partial charge in [-0.15, -0.1) is 0 Å². The van der Waals surface area contributed by atoms with Gasteiger partial charge < -0.3 is 10.6 Å². The molecule has 1 aliphatic heterocycles. The minimum absolute atomic E-state index is 0.0511. The molecule has 3 nitrogen and oxygen atoms in total. The van der Waals surface area contributed by atoms with Gasteiger partial charge in [0, 0.05) is 23.9 Å². The zero-order valence-electron chi connectivity index (χ0n) is 9.19. The summed E-state index contributed by atoms with van der Waals surface area (Å²) in [4.78, 5) is 5.26. The van der Waals surface area contributed by atoms with Crippen molar-refractivity contribution in [3.63, 3.8) is 0 Å². The number of nitrogens with zero attached hydrogens (tertiary/aromatic N) is 1. The highest BCUT2D eigenvalue weighted by Crippen LogP contribution is 2.24. The van der Waals surface area contributed by atoms with E-state index in [1.54, 1.807) is 0 Å². The summed E-state index contributed by atoms with van der Waals surface area (Å²) in [7, 11) is 0. The van der Waals surface area contributed by atoms with Gasteiger partial charge in [0.1, 0.15) is 6.10 Å². The molecule has 0 aliphatic carbocycles. The maximum Gasteiger partial charge on any atom is 0.134 e. The van der Waals surface area contributed by atoms with Gasteiger partial charge in [0.15, 0.2) is 0 Å². The maximum absolute atomic E-state index is 6.10. The molecule has 86 valence electrons. The first-order valence-electron chi connectivity index (χ1n) is 5.35. The van der Waals surface area contributed by atoms with E-state index in [4.69, 9.17) is 22.2 Å². The summed E-state index contributed by atoms with van der Waals surface area (Å²) >= 11 is 5.92. The Bertz CT molecular complexity index is 406. The van der Waals surface area contributed by atoms with Gasteiger partial charge in [-0.1, -0.05) is 28.9 Å². The van der Waals surface area contributed by atoms with Crippen LogP contribution in [-0.2, 0) is 4.84 Å². The zero-order chi connectivity index (χ0) is 11.5. The van der Waals surface area contributed by atoms with Crippen LogP contribution in [0.5, 0.6) is 0 Å². The number of hydrogen-bond donors (Lipinski definition) is 1. The average molecular weight is 239 g/mol. The number of hydrogen-bond acceptors (Lipinski definition) is 3. The van der Waals surface area contributed by atoms with Crippen molar-refractivity contribution >= 4 is 17.3 Å². The molecule has 1 aromatic carbocycles. The summed E-state index contributed by atoms with van der Waals surface area (Å²) in [5.74, 6) is 0. The van der Waals surface area contributed by atoms with E-state index in [0.29, 0.717) is 5.02 Å². The van der Waals surface area contributed by atoms with Crippen molar-refractivity contribution in [2.24, 2.45) is 10.9 Å². The van der Waals surface area contributed by atoms with Gasteiger partial charge in [-0.05, 0) is 24.6 Å². The van der Waals surface area contributed by atoms with Crippen LogP contribution in [0.4, 0.5) is 0 Å². The highest BCUT2D eigenvalue weighted by molar-refractivity contribution is 6.30. The van der Waals surface area contributed by atoms with Crippen molar-refractivity contribution in [2.45, 2.75) is 31.9 Å². The van der Waals surface area contributed by atoms with Crippen LogP contribution in [0.2, 0.25) is 5.02 Å². The molecule has 0 aromatic heterocycles. The minimum Gasteiger partial charge on any atom is -0.392 e. The Morgan fingerprint density at radius 3 is 3.06 bits per heavy atom. The highest BCUT2D eigenvalue weighted by atomic mass is 35.5. The summed E-state index contributed by atoms with van der Waals surface area (Å²) in [5, 5.41) is 4.63. The highest BCUT2D eigenvalue weighted by Gasteiger charge is 2.21. The molecular weight excluding hydrogens is 224 g/mol. The molecule has 2 unspecified atom stereocenters. The molecule has 0 saturated heterocycles. The Morgan fingerprint density at radius 1 is 1.62 bits per heavy atom. The molecule has 16 heavy (non-hydrogen) atoms. The topological polar surface area (TPSA) is 47.6 Å². The van der Waals surface area contributed by atoms with Gasteiger partial charge in [-0.2, -0.15) is 0 Å². The van der Waals surface area contributed by atoms with E-state index in [1.165, 1.54) is 0 Å². The molecular formula is C12H15ClN2O. The third kappa shape index (κ3) is 2.74. The molecule has 0 saturated carbocycles. The standard InChI is InChI=1S/C12H15ClN2O/c1-8-5-11(16-15-8)7-12(14)9-3-2-4-10(13)6-9/h2-4,6,11-12H,5,7,14H2,1H3. The Morgan fingerprint density at radius 2 is 2.44 bits per heavy atom. The Labute approximate surface area is 100 Å². The van der Waals surface area contributed by atoms with E-state index < -0.39 is 0 Å². The van der Waals surface area contributed by atoms with Gasteiger partial charge >= 0.3 is 0 Å². The summed E-state index contributed by atoms with van der Waals surface area (Å²) in [6, 6.07) is 7.59. The predicted octanol–water partition coefficient (Wildman–Crippen LogP) is 2.89. The lowest BCUT2D eigenvalue weighted by atomic mass is 9.99. The van der Waals surface area contributed by atoms with Crippen LogP contribution in [0.1, 0.15) is 31.4 Å². The first-order chi connectivity index (χ1) is 7.65. The van der Waals surface area contributed by atoms with E-state index in [2.05, 4.69) is 5.16 Å².